The van der Waals surface area contributed by atoms with E-state index in [-0.39, 0.29) is 22.9 Å². The number of hydrogen-bond donors (Lipinski definition) is 1. The first kappa shape index (κ1) is 20.3. The average molecular weight is 373 g/mol. The molecule has 0 aromatic heterocycles. The minimum absolute atomic E-state index is 0.146. The lowest BCUT2D eigenvalue weighted by Gasteiger charge is -2.31. The van der Waals surface area contributed by atoms with Gasteiger partial charge in [0.15, 0.2) is 0 Å². The summed E-state index contributed by atoms with van der Waals surface area (Å²) in [5.74, 6) is -2.79. The van der Waals surface area contributed by atoms with Gasteiger partial charge in [0.05, 0.1) is 12.0 Å². The molecule has 0 saturated heterocycles. The molecule has 8 nitrogen and oxygen atoms in total. The van der Waals surface area contributed by atoms with Crippen molar-refractivity contribution in [2.24, 2.45) is 10.9 Å². The van der Waals surface area contributed by atoms with Crippen molar-refractivity contribution < 1.29 is 19.2 Å². The highest BCUT2D eigenvalue weighted by atomic mass is 16.6. The van der Waals surface area contributed by atoms with Gasteiger partial charge in [-0.25, -0.2) is 0 Å². The number of aliphatic imine (C=N–C) groups is 1. The van der Waals surface area contributed by atoms with Crippen LogP contribution in [0.2, 0.25) is 0 Å². The van der Waals surface area contributed by atoms with Gasteiger partial charge in [-0.15, -0.1) is 0 Å². The monoisotopic (exact) mass is 373 g/mol. The number of nitrogens with zero attached hydrogens (tertiary/aromatic N) is 2. The number of para-hydroxylation sites is 1. The van der Waals surface area contributed by atoms with E-state index < -0.39 is 28.6 Å². The molecule has 1 aromatic carbocycles. The highest BCUT2D eigenvalue weighted by Crippen LogP contribution is 2.42. The summed E-state index contributed by atoms with van der Waals surface area (Å²) in [4.78, 5) is 40.8. The summed E-state index contributed by atoms with van der Waals surface area (Å²) in [5.41, 5.74) is 1.23. The fraction of sp³-hybridized carbons (Fsp3) is 0.421. The molecule has 27 heavy (non-hydrogen) atoms. The molecule has 0 bridgehead atoms. The molecular formula is C19H23N3O5. The number of rotatable bonds is 5. The number of carbonyl (C=O) groups excluding carboxylic acids is 2. The van der Waals surface area contributed by atoms with Crippen molar-refractivity contribution in [3.8, 4) is 0 Å². The molecule has 2 atom stereocenters. The maximum absolute atomic E-state index is 12.9. The van der Waals surface area contributed by atoms with Crippen molar-refractivity contribution in [3.05, 3.63) is 51.2 Å². The lowest BCUT2D eigenvalue weighted by atomic mass is 9.74. The van der Waals surface area contributed by atoms with E-state index in [9.17, 15) is 19.7 Å². The number of ether oxygens (including phenoxy) is 1. The largest absolute Gasteiger partial charge is 0.468 e. The number of nitrogens with one attached hydrogen (secondary N) is 1. The van der Waals surface area contributed by atoms with Gasteiger partial charge in [-0.1, -0.05) is 18.2 Å². The van der Waals surface area contributed by atoms with Gasteiger partial charge in [0, 0.05) is 40.6 Å². The molecule has 1 aliphatic heterocycles. The normalized spacial score (nSPS) is 19.6. The second kappa shape index (κ2) is 8.11. The maximum atomic E-state index is 12.9. The summed E-state index contributed by atoms with van der Waals surface area (Å²) in [5, 5.41) is 14.4. The van der Waals surface area contributed by atoms with Crippen LogP contribution in [0.25, 0.3) is 0 Å². The summed E-state index contributed by atoms with van der Waals surface area (Å²) in [6.45, 7) is 6.93. The van der Waals surface area contributed by atoms with E-state index in [0.29, 0.717) is 11.4 Å². The number of nitro benzene ring substituents is 1. The number of nitro groups is 1. The Morgan fingerprint density at radius 1 is 1.26 bits per heavy atom. The minimum atomic E-state index is -0.923. The van der Waals surface area contributed by atoms with E-state index in [1.807, 2.05) is 13.8 Å². The summed E-state index contributed by atoms with van der Waals surface area (Å²) in [7, 11) is 1.24. The predicted molar refractivity (Wildman–Crippen MR) is 100 cm³/mol. The first-order valence-electron chi connectivity index (χ1n) is 8.57. The molecule has 1 heterocycles. The summed E-state index contributed by atoms with van der Waals surface area (Å²) in [6, 6.07) is 5.96. The number of allylic oxidation sites excluding steroid dienone is 1. The van der Waals surface area contributed by atoms with E-state index in [1.165, 1.54) is 13.2 Å². The minimum Gasteiger partial charge on any atom is -0.468 e. The third-order valence-electron chi connectivity index (χ3n) is 4.42. The number of methoxy groups -OCH3 is 1. The Balaban J connectivity index is 2.75. The SMILES string of the molecule is COC(=O)C1C(C)=NC(C)=C(C(=O)NC(C)C)C1c1ccccc1[N+](=O)[O-]. The lowest BCUT2D eigenvalue weighted by Crippen LogP contribution is -2.40. The number of amides is 1. The fourth-order valence-corrected chi connectivity index (χ4v) is 3.36. The molecular weight excluding hydrogens is 350 g/mol. The molecule has 1 N–H and O–H groups in total. The molecule has 0 radical (unpaired) electrons. The van der Waals surface area contributed by atoms with Crippen LogP contribution in [0.5, 0.6) is 0 Å². The van der Waals surface area contributed by atoms with Gasteiger partial charge >= 0.3 is 5.97 Å². The van der Waals surface area contributed by atoms with Crippen molar-refractivity contribution in [2.75, 3.05) is 7.11 Å². The standard InChI is InChI=1S/C19H23N3O5/c1-10(2)20-18(23)15-11(3)21-12(4)16(19(24)27-5)17(15)13-8-6-7-9-14(13)22(25)26/h6-10,16-17H,1-5H3,(H,20,23). The second-order valence-electron chi connectivity index (χ2n) is 6.67. The number of benzene rings is 1. The Bertz CT molecular complexity index is 842. The van der Waals surface area contributed by atoms with Crippen LogP contribution in [-0.2, 0) is 14.3 Å². The van der Waals surface area contributed by atoms with Gasteiger partial charge in [0.1, 0.15) is 5.92 Å². The Hall–Kier alpha value is -3.03. The summed E-state index contributed by atoms with van der Waals surface area (Å²) < 4.78 is 4.91. The van der Waals surface area contributed by atoms with E-state index in [2.05, 4.69) is 10.3 Å². The van der Waals surface area contributed by atoms with E-state index >= 15 is 0 Å². The van der Waals surface area contributed by atoms with Crippen molar-refractivity contribution in [3.63, 3.8) is 0 Å². The van der Waals surface area contributed by atoms with Crippen LogP contribution in [0.1, 0.15) is 39.2 Å². The molecule has 0 spiro atoms. The van der Waals surface area contributed by atoms with Gasteiger partial charge in [0.25, 0.3) is 5.69 Å². The number of esters is 1. The van der Waals surface area contributed by atoms with Crippen molar-refractivity contribution in [2.45, 2.75) is 39.7 Å². The van der Waals surface area contributed by atoms with Gasteiger partial charge in [-0.2, -0.15) is 0 Å². The van der Waals surface area contributed by atoms with Gasteiger partial charge in [-0.05, 0) is 27.7 Å². The summed E-state index contributed by atoms with van der Waals surface area (Å²) >= 11 is 0. The molecule has 8 heteroatoms. The highest BCUT2D eigenvalue weighted by molar-refractivity contribution is 6.08. The van der Waals surface area contributed by atoms with E-state index in [1.54, 1.807) is 32.0 Å². The quantitative estimate of drug-likeness (QED) is 0.485. The number of hydrogen-bond acceptors (Lipinski definition) is 6. The van der Waals surface area contributed by atoms with E-state index in [4.69, 9.17) is 4.74 Å². The molecule has 144 valence electrons. The third-order valence-corrected chi connectivity index (χ3v) is 4.42. The van der Waals surface area contributed by atoms with Crippen molar-refractivity contribution >= 4 is 23.3 Å². The lowest BCUT2D eigenvalue weighted by molar-refractivity contribution is -0.385. The molecule has 2 rings (SSSR count). The maximum Gasteiger partial charge on any atom is 0.315 e. The molecule has 1 amide bonds. The fourth-order valence-electron chi connectivity index (χ4n) is 3.36. The van der Waals surface area contributed by atoms with Gasteiger partial charge in [-0.3, -0.25) is 24.7 Å². The Morgan fingerprint density at radius 2 is 1.89 bits per heavy atom. The first-order valence-corrected chi connectivity index (χ1v) is 8.57. The van der Waals surface area contributed by atoms with Crippen LogP contribution in [0.15, 0.2) is 40.5 Å². The van der Waals surface area contributed by atoms with Crippen molar-refractivity contribution in [1.82, 2.24) is 5.32 Å². The van der Waals surface area contributed by atoms with Gasteiger partial charge in [0.2, 0.25) is 5.91 Å². The molecule has 1 aliphatic rings. The van der Waals surface area contributed by atoms with Crippen LogP contribution >= 0.6 is 0 Å². The zero-order valence-corrected chi connectivity index (χ0v) is 16.0. The molecule has 0 aliphatic carbocycles. The van der Waals surface area contributed by atoms with Crippen molar-refractivity contribution in [1.29, 1.82) is 0 Å². The molecule has 1 aromatic rings. The predicted octanol–water partition coefficient (Wildman–Crippen LogP) is 2.74. The van der Waals surface area contributed by atoms with Crippen LogP contribution in [0.4, 0.5) is 5.69 Å². The molecule has 0 saturated carbocycles. The van der Waals surface area contributed by atoms with E-state index in [0.717, 1.165) is 0 Å². The topological polar surface area (TPSA) is 111 Å². The highest BCUT2D eigenvalue weighted by Gasteiger charge is 2.44. The molecule has 2 unspecified atom stereocenters. The van der Waals surface area contributed by atoms with Crippen LogP contribution in [-0.4, -0.2) is 35.7 Å². The Kier molecular flexibility index (Phi) is 6.09. The molecule has 0 fully saturated rings. The van der Waals surface area contributed by atoms with Crippen LogP contribution in [0, 0.1) is 16.0 Å². The third kappa shape index (κ3) is 4.05. The Morgan fingerprint density at radius 3 is 2.44 bits per heavy atom. The van der Waals surface area contributed by atoms with Crippen LogP contribution < -0.4 is 5.32 Å². The smallest absolute Gasteiger partial charge is 0.315 e. The second-order valence-corrected chi connectivity index (χ2v) is 6.67. The zero-order chi connectivity index (χ0) is 20.3. The first-order chi connectivity index (χ1) is 12.7. The van der Waals surface area contributed by atoms with Crippen LogP contribution in [0.3, 0.4) is 0 Å². The average Bonchev–Trinajstić information content (AvgIpc) is 2.59. The zero-order valence-electron chi connectivity index (χ0n) is 16.0. The Labute approximate surface area is 157 Å². The van der Waals surface area contributed by atoms with Gasteiger partial charge < -0.3 is 10.1 Å². The summed E-state index contributed by atoms with van der Waals surface area (Å²) in [6.07, 6.45) is 0. The number of carbonyl (C=O) groups is 2.